The molecule has 2 aromatic rings. The van der Waals surface area contributed by atoms with E-state index in [4.69, 9.17) is 4.42 Å². The first-order valence-electron chi connectivity index (χ1n) is 8.21. The molecule has 1 aromatic carbocycles. The van der Waals surface area contributed by atoms with Crippen LogP contribution in [0.15, 0.2) is 40.8 Å². The summed E-state index contributed by atoms with van der Waals surface area (Å²) in [7, 11) is 0. The first-order chi connectivity index (χ1) is 10.7. The third-order valence-electron chi connectivity index (χ3n) is 5.53. The fourth-order valence-electron chi connectivity index (χ4n) is 4.27. The van der Waals surface area contributed by atoms with E-state index < -0.39 is 0 Å². The van der Waals surface area contributed by atoms with Crippen molar-refractivity contribution < 1.29 is 9.52 Å². The molecule has 116 valence electrons. The summed E-state index contributed by atoms with van der Waals surface area (Å²) in [5, 5.41) is 10.7. The number of aliphatic hydroxyl groups excluding tert-OH is 1. The second kappa shape index (κ2) is 5.25. The van der Waals surface area contributed by atoms with Crippen LogP contribution >= 0.6 is 0 Å². The average molecular weight is 297 g/mol. The van der Waals surface area contributed by atoms with Crippen molar-refractivity contribution >= 4 is 0 Å². The van der Waals surface area contributed by atoms with Gasteiger partial charge in [0.2, 0.25) is 0 Å². The summed E-state index contributed by atoms with van der Waals surface area (Å²) in [6.45, 7) is 4.90. The lowest BCUT2D eigenvalue weighted by Crippen LogP contribution is -2.47. The van der Waals surface area contributed by atoms with Crippen LogP contribution in [0.2, 0.25) is 0 Å². The summed E-state index contributed by atoms with van der Waals surface area (Å²) in [4.78, 5) is 2.44. The Balaban J connectivity index is 1.49. The van der Waals surface area contributed by atoms with E-state index in [0.717, 1.165) is 50.4 Å². The van der Waals surface area contributed by atoms with E-state index >= 15 is 0 Å². The third kappa shape index (κ3) is 2.20. The zero-order valence-corrected chi connectivity index (χ0v) is 13.1. The molecule has 1 aromatic heterocycles. The average Bonchev–Trinajstić information content (AvgIpc) is 3.04. The Morgan fingerprint density at radius 1 is 1.18 bits per heavy atom. The molecule has 2 heterocycles. The van der Waals surface area contributed by atoms with E-state index in [0.29, 0.717) is 0 Å². The molecule has 22 heavy (non-hydrogen) atoms. The van der Waals surface area contributed by atoms with Crippen molar-refractivity contribution in [2.45, 2.75) is 44.2 Å². The molecule has 0 saturated carbocycles. The summed E-state index contributed by atoms with van der Waals surface area (Å²) in [5.74, 6) is 2.02. The molecule has 0 unspecified atom stereocenters. The Hall–Kier alpha value is -1.58. The molecule has 0 amide bonds. The van der Waals surface area contributed by atoms with Gasteiger partial charge in [0.05, 0.1) is 12.6 Å². The number of furan rings is 1. The second-order valence-electron chi connectivity index (χ2n) is 6.82. The smallest absolute Gasteiger partial charge is 0.118 e. The van der Waals surface area contributed by atoms with Gasteiger partial charge in [-0.05, 0) is 62.5 Å². The number of aliphatic hydroxyl groups is 1. The number of aryl methyl sites for hydroxylation is 1. The van der Waals surface area contributed by atoms with E-state index in [1.54, 1.807) is 0 Å². The third-order valence-corrected chi connectivity index (χ3v) is 5.53. The number of nitrogens with zero attached hydrogens (tertiary/aromatic N) is 1. The van der Waals surface area contributed by atoms with Gasteiger partial charge in [-0.25, -0.2) is 0 Å². The molecular formula is C19H23NO2. The number of rotatable bonds is 2. The molecular weight excluding hydrogens is 274 g/mol. The Labute approximate surface area is 131 Å². The molecule has 1 spiro atoms. The molecule has 1 N–H and O–H groups in total. The van der Waals surface area contributed by atoms with Crippen molar-refractivity contribution in [3.8, 4) is 0 Å². The van der Waals surface area contributed by atoms with Gasteiger partial charge in [0.1, 0.15) is 11.5 Å². The molecule has 4 rings (SSSR count). The van der Waals surface area contributed by atoms with Crippen LogP contribution < -0.4 is 0 Å². The number of fused-ring (bicyclic) bond motifs is 2. The topological polar surface area (TPSA) is 36.6 Å². The maximum Gasteiger partial charge on any atom is 0.118 e. The van der Waals surface area contributed by atoms with Crippen LogP contribution in [0.5, 0.6) is 0 Å². The maximum atomic E-state index is 10.7. The van der Waals surface area contributed by atoms with Crippen LogP contribution in [0.4, 0.5) is 0 Å². The predicted molar refractivity (Wildman–Crippen MR) is 85.8 cm³/mol. The van der Waals surface area contributed by atoms with Gasteiger partial charge in [-0.15, -0.1) is 0 Å². The SMILES string of the molecule is Cc1ccc(CN2CCC3(CC2)c2ccccc2C[C@H]3O)o1. The van der Waals surface area contributed by atoms with Gasteiger partial charge in [-0.2, -0.15) is 0 Å². The molecule has 1 fully saturated rings. The summed E-state index contributed by atoms with van der Waals surface area (Å²) >= 11 is 0. The first kappa shape index (κ1) is 14.0. The van der Waals surface area contributed by atoms with Gasteiger partial charge in [0.25, 0.3) is 0 Å². The van der Waals surface area contributed by atoms with Crippen LogP contribution in [-0.4, -0.2) is 29.2 Å². The lowest BCUT2D eigenvalue weighted by Gasteiger charge is -2.42. The minimum absolute atomic E-state index is 0.0217. The zero-order valence-electron chi connectivity index (χ0n) is 13.1. The first-order valence-corrected chi connectivity index (χ1v) is 8.21. The summed E-state index contributed by atoms with van der Waals surface area (Å²) in [6, 6.07) is 12.7. The minimum atomic E-state index is -0.224. The molecule has 1 atom stereocenters. The Bertz CT molecular complexity index is 668. The van der Waals surface area contributed by atoms with Crippen LogP contribution in [0.3, 0.4) is 0 Å². The fourth-order valence-corrected chi connectivity index (χ4v) is 4.27. The van der Waals surface area contributed by atoms with Crippen LogP contribution in [0.25, 0.3) is 0 Å². The normalized spacial score (nSPS) is 23.8. The highest BCUT2D eigenvalue weighted by atomic mass is 16.3. The van der Waals surface area contributed by atoms with E-state index in [9.17, 15) is 5.11 Å². The summed E-state index contributed by atoms with van der Waals surface area (Å²) in [6.07, 6.45) is 2.65. The Morgan fingerprint density at radius 3 is 2.68 bits per heavy atom. The zero-order chi connectivity index (χ0) is 15.2. The lowest BCUT2D eigenvalue weighted by molar-refractivity contribution is 0.0396. The molecule has 1 aliphatic carbocycles. The molecule has 2 aliphatic rings. The Kier molecular flexibility index (Phi) is 3.35. The molecule has 3 heteroatoms. The molecule has 1 aliphatic heterocycles. The van der Waals surface area contributed by atoms with Crippen molar-refractivity contribution in [2.75, 3.05) is 13.1 Å². The number of hydrogen-bond acceptors (Lipinski definition) is 3. The van der Waals surface area contributed by atoms with Gasteiger partial charge >= 0.3 is 0 Å². The maximum absolute atomic E-state index is 10.7. The number of likely N-dealkylation sites (tertiary alicyclic amines) is 1. The second-order valence-corrected chi connectivity index (χ2v) is 6.82. The van der Waals surface area contributed by atoms with E-state index in [1.807, 2.05) is 13.0 Å². The lowest BCUT2D eigenvalue weighted by atomic mass is 9.72. The van der Waals surface area contributed by atoms with Crippen LogP contribution in [0, 0.1) is 6.92 Å². The van der Waals surface area contributed by atoms with Gasteiger partial charge < -0.3 is 9.52 Å². The van der Waals surface area contributed by atoms with Crippen LogP contribution in [0.1, 0.15) is 35.5 Å². The van der Waals surface area contributed by atoms with Crippen molar-refractivity contribution in [1.82, 2.24) is 4.90 Å². The number of hydrogen-bond donors (Lipinski definition) is 1. The quantitative estimate of drug-likeness (QED) is 0.925. The largest absolute Gasteiger partial charge is 0.465 e. The summed E-state index contributed by atoms with van der Waals surface area (Å²) in [5.41, 5.74) is 2.70. The molecule has 0 radical (unpaired) electrons. The fraction of sp³-hybridized carbons (Fsp3) is 0.474. The number of piperidine rings is 1. The van der Waals surface area contributed by atoms with Gasteiger partial charge in [-0.3, -0.25) is 4.90 Å². The van der Waals surface area contributed by atoms with E-state index in [-0.39, 0.29) is 11.5 Å². The van der Waals surface area contributed by atoms with Gasteiger partial charge in [0, 0.05) is 5.41 Å². The van der Waals surface area contributed by atoms with Crippen molar-refractivity contribution in [2.24, 2.45) is 0 Å². The standard InChI is InChI=1S/C19H23NO2/c1-14-6-7-16(22-14)13-20-10-8-19(9-11-20)17-5-3-2-4-15(17)12-18(19)21/h2-7,18,21H,8-13H2,1H3/t18-/m1/s1. The highest BCUT2D eigenvalue weighted by Crippen LogP contribution is 2.46. The minimum Gasteiger partial charge on any atom is -0.465 e. The van der Waals surface area contributed by atoms with Crippen LogP contribution in [-0.2, 0) is 18.4 Å². The van der Waals surface area contributed by atoms with Crippen molar-refractivity contribution in [3.63, 3.8) is 0 Å². The predicted octanol–water partition coefficient (Wildman–Crippen LogP) is 3.04. The molecule has 0 bridgehead atoms. The Morgan fingerprint density at radius 2 is 1.95 bits per heavy atom. The molecule has 1 saturated heterocycles. The molecule has 3 nitrogen and oxygen atoms in total. The van der Waals surface area contributed by atoms with Crippen molar-refractivity contribution in [1.29, 1.82) is 0 Å². The van der Waals surface area contributed by atoms with Gasteiger partial charge in [-0.1, -0.05) is 24.3 Å². The monoisotopic (exact) mass is 297 g/mol. The highest BCUT2D eigenvalue weighted by molar-refractivity contribution is 5.42. The van der Waals surface area contributed by atoms with E-state index in [2.05, 4.69) is 35.2 Å². The summed E-state index contributed by atoms with van der Waals surface area (Å²) < 4.78 is 5.69. The van der Waals surface area contributed by atoms with Gasteiger partial charge in [0.15, 0.2) is 0 Å². The highest BCUT2D eigenvalue weighted by Gasteiger charge is 2.47. The van der Waals surface area contributed by atoms with E-state index in [1.165, 1.54) is 11.1 Å². The van der Waals surface area contributed by atoms with Crippen molar-refractivity contribution in [3.05, 3.63) is 59.0 Å². The number of benzene rings is 1.